The van der Waals surface area contributed by atoms with E-state index in [1.807, 2.05) is 20.8 Å². The van der Waals surface area contributed by atoms with Crippen LogP contribution in [0.15, 0.2) is 42.6 Å². The third-order valence-corrected chi connectivity index (χ3v) is 7.10. The molecule has 1 unspecified atom stereocenters. The van der Waals surface area contributed by atoms with E-state index in [0.29, 0.717) is 48.1 Å². The molecule has 4 rings (SSSR count). The quantitative estimate of drug-likeness (QED) is 0.345. The van der Waals surface area contributed by atoms with E-state index in [1.165, 1.54) is 12.1 Å². The Balaban J connectivity index is 1.65. The maximum Gasteiger partial charge on any atom is 0.410 e. The number of benzene rings is 2. The third-order valence-electron chi connectivity index (χ3n) is 7.10. The number of alkyl halides is 2. The van der Waals surface area contributed by atoms with Crippen LogP contribution < -0.4 is 5.32 Å². The topological polar surface area (TPSA) is 83.9 Å². The van der Waals surface area contributed by atoms with Crippen LogP contribution in [0.5, 0.6) is 5.75 Å². The summed E-state index contributed by atoms with van der Waals surface area (Å²) in [5, 5.41) is 14.9. The largest absolute Gasteiger partial charge is 0.507 e. The number of phenols is 1. The molecule has 7 nitrogen and oxygen atoms in total. The summed E-state index contributed by atoms with van der Waals surface area (Å²) in [6.45, 7) is 7.86. The Hall–Kier alpha value is -3.53. The van der Waals surface area contributed by atoms with Crippen LogP contribution in [0.25, 0.3) is 10.9 Å². The monoisotopic (exact) mass is 545 g/mol. The molecule has 2 aromatic carbocycles. The summed E-state index contributed by atoms with van der Waals surface area (Å²) in [7, 11) is 1.57. The minimum absolute atomic E-state index is 0.00319. The van der Waals surface area contributed by atoms with Gasteiger partial charge >= 0.3 is 6.09 Å². The summed E-state index contributed by atoms with van der Waals surface area (Å²) >= 11 is 0. The number of piperidine rings is 1. The van der Waals surface area contributed by atoms with Crippen LogP contribution in [0.4, 0.5) is 23.7 Å². The van der Waals surface area contributed by atoms with E-state index in [4.69, 9.17) is 9.47 Å². The number of rotatable bonds is 6. The molecule has 2 N–H and O–H groups in total. The minimum atomic E-state index is -2.92. The number of hydrogen-bond acceptors (Lipinski definition) is 6. The zero-order valence-electron chi connectivity index (χ0n) is 22.7. The van der Waals surface area contributed by atoms with Gasteiger partial charge in [0.05, 0.1) is 22.7 Å². The van der Waals surface area contributed by atoms with Gasteiger partial charge in [-0.2, -0.15) is 0 Å². The molecule has 1 amide bonds. The van der Waals surface area contributed by atoms with Gasteiger partial charge in [-0.25, -0.2) is 18.0 Å². The number of aromatic hydroxyl groups is 1. The molecular formula is C29H34F3N3O4. The molecule has 2 heterocycles. The molecule has 0 saturated carbocycles. The average Bonchev–Trinajstić information content (AvgIpc) is 2.87. The van der Waals surface area contributed by atoms with E-state index in [-0.39, 0.29) is 11.3 Å². The molecule has 0 radical (unpaired) electrons. The minimum Gasteiger partial charge on any atom is -0.507 e. The summed E-state index contributed by atoms with van der Waals surface area (Å²) in [5.74, 6) is -0.942. The first-order valence-corrected chi connectivity index (χ1v) is 12.8. The van der Waals surface area contributed by atoms with Gasteiger partial charge in [0.2, 0.25) is 0 Å². The Morgan fingerprint density at radius 3 is 2.44 bits per heavy atom. The number of nitrogens with zero attached hydrogens (tertiary/aromatic N) is 2. The van der Waals surface area contributed by atoms with Crippen LogP contribution in [0, 0.1) is 5.82 Å². The van der Waals surface area contributed by atoms with E-state index < -0.39 is 41.1 Å². The van der Waals surface area contributed by atoms with Gasteiger partial charge in [0, 0.05) is 54.7 Å². The molecule has 1 aliphatic rings. The summed E-state index contributed by atoms with van der Waals surface area (Å²) in [4.78, 5) is 18.5. The van der Waals surface area contributed by atoms with Gasteiger partial charge in [0.15, 0.2) is 0 Å². The Kier molecular flexibility index (Phi) is 7.97. The molecule has 39 heavy (non-hydrogen) atoms. The predicted octanol–water partition coefficient (Wildman–Crippen LogP) is 7.06. The number of amides is 1. The predicted molar refractivity (Wildman–Crippen MR) is 143 cm³/mol. The number of aromatic nitrogens is 1. The van der Waals surface area contributed by atoms with Crippen molar-refractivity contribution < 1.29 is 32.5 Å². The second kappa shape index (κ2) is 10.9. The van der Waals surface area contributed by atoms with Crippen molar-refractivity contribution in [2.45, 2.75) is 64.2 Å². The zero-order chi connectivity index (χ0) is 28.5. The SMILES string of the molecule is COC1(c2cc3c(NC(C)c4cccc(C(F)F)c4F)ccnc3cc2O)CCN(C(=O)OC(C)(C)C)CC1. The summed E-state index contributed by atoms with van der Waals surface area (Å²) in [6, 6.07) is 8.35. The van der Waals surface area contributed by atoms with Gasteiger partial charge in [-0.3, -0.25) is 4.98 Å². The lowest BCUT2D eigenvalue weighted by Crippen LogP contribution is -2.47. The third kappa shape index (κ3) is 5.90. The lowest BCUT2D eigenvalue weighted by atomic mass is 9.83. The molecule has 3 aromatic rings. The lowest BCUT2D eigenvalue weighted by Gasteiger charge is -2.41. The van der Waals surface area contributed by atoms with Gasteiger partial charge in [-0.05, 0) is 52.7 Å². The Labute approximate surface area is 225 Å². The maximum absolute atomic E-state index is 14.8. The molecule has 0 spiro atoms. The van der Waals surface area contributed by atoms with E-state index in [2.05, 4.69) is 10.3 Å². The molecule has 10 heteroatoms. The highest BCUT2D eigenvalue weighted by molar-refractivity contribution is 5.93. The van der Waals surface area contributed by atoms with Crippen LogP contribution >= 0.6 is 0 Å². The number of phenolic OH excluding ortho intramolecular Hbond substituents is 1. The number of anilines is 1. The van der Waals surface area contributed by atoms with Gasteiger partial charge in [-0.15, -0.1) is 0 Å². The van der Waals surface area contributed by atoms with Crippen molar-refractivity contribution >= 4 is 22.7 Å². The van der Waals surface area contributed by atoms with Crippen molar-refractivity contribution in [3.05, 3.63) is 65.1 Å². The number of ether oxygens (including phenoxy) is 2. The normalized spacial score (nSPS) is 16.4. The van der Waals surface area contributed by atoms with Crippen molar-refractivity contribution in [3.8, 4) is 5.75 Å². The van der Waals surface area contributed by atoms with Crippen molar-refractivity contribution in [2.75, 3.05) is 25.5 Å². The van der Waals surface area contributed by atoms with Crippen LogP contribution in [0.3, 0.4) is 0 Å². The molecule has 0 bridgehead atoms. The Morgan fingerprint density at radius 2 is 1.82 bits per heavy atom. The van der Waals surface area contributed by atoms with Crippen LogP contribution in [-0.4, -0.2) is 46.9 Å². The second-order valence-corrected chi connectivity index (χ2v) is 10.8. The standard InChI is InChI=1S/C29H34F3N3O4/c1-17(18-7-6-8-19(25(18)30)26(31)32)34-22-9-12-33-23-16-24(36)21(15-20(22)23)29(38-5)10-13-35(14-11-29)27(37)39-28(2,3)4/h6-9,12,15-17,26,36H,10-11,13-14H2,1-5H3,(H,33,34). The smallest absolute Gasteiger partial charge is 0.410 e. The molecule has 1 atom stereocenters. The van der Waals surface area contributed by atoms with E-state index in [0.717, 1.165) is 6.07 Å². The number of carbonyl (C=O) groups is 1. The fraction of sp³-hybridized carbons (Fsp3) is 0.448. The van der Waals surface area contributed by atoms with Gasteiger partial charge in [-0.1, -0.05) is 18.2 Å². The first-order valence-electron chi connectivity index (χ1n) is 12.8. The fourth-order valence-electron chi connectivity index (χ4n) is 5.02. The highest BCUT2D eigenvalue weighted by Crippen LogP contribution is 2.43. The number of hydrogen-bond donors (Lipinski definition) is 2. The summed E-state index contributed by atoms with van der Waals surface area (Å²) in [5.41, 5.74) is -0.391. The second-order valence-electron chi connectivity index (χ2n) is 10.8. The highest BCUT2D eigenvalue weighted by Gasteiger charge is 2.40. The first kappa shape index (κ1) is 28.5. The average molecular weight is 546 g/mol. The fourth-order valence-corrected chi connectivity index (χ4v) is 5.02. The van der Waals surface area contributed by atoms with Crippen LogP contribution in [0.2, 0.25) is 0 Å². The molecular weight excluding hydrogens is 511 g/mol. The van der Waals surface area contributed by atoms with Gasteiger partial charge in [0.25, 0.3) is 6.43 Å². The van der Waals surface area contributed by atoms with Crippen LogP contribution in [-0.2, 0) is 15.1 Å². The van der Waals surface area contributed by atoms with Crippen molar-refractivity contribution in [1.29, 1.82) is 0 Å². The van der Waals surface area contributed by atoms with E-state index >= 15 is 0 Å². The number of carbonyl (C=O) groups excluding carboxylic acids is 1. The number of methoxy groups -OCH3 is 1. The van der Waals surface area contributed by atoms with E-state index in [9.17, 15) is 23.1 Å². The zero-order valence-corrected chi connectivity index (χ0v) is 22.7. The summed E-state index contributed by atoms with van der Waals surface area (Å²) in [6.07, 6.45) is -0.924. The van der Waals surface area contributed by atoms with E-state index in [1.54, 1.807) is 43.3 Å². The molecule has 210 valence electrons. The Morgan fingerprint density at radius 1 is 1.15 bits per heavy atom. The lowest BCUT2D eigenvalue weighted by molar-refractivity contribution is -0.0660. The highest BCUT2D eigenvalue weighted by atomic mass is 19.3. The van der Waals surface area contributed by atoms with Gasteiger partial charge < -0.3 is 24.8 Å². The number of fused-ring (bicyclic) bond motifs is 1. The molecule has 1 saturated heterocycles. The van der Waals surface area contributed by atoms with Gasteiger partial charge in [0.1, 0.15) is 17.2 Å². The van der Waals surface area contributed by atoms with Crippen LogP contribution in [0.1, 0.15) is 69.7 Å². The molecule has 1 aliphatic heterocycles. The maximum atomic E-state index is 14.8. The number of nitrogens with one attached hydrogen (secondary N) is 1. The molecule has 1 aromatic heterocycles. The van der Waals surface area contributed by atoms with Crippen molar-refractivity contribution in [1.82, 2.24) is 9.88 Å². The van der Waals surface area contributed by atoms with Crippen molar-refractivity contribution in [3.63, 3.8) is 0 Å². The molecule has 0 aliphatic carbocycles. The Bertz CT molecular complexity index is 1350. The number of halogens is 3. The van der Waals surface area contributed by atoms with Crippen molar-refractivity contribution in [2.24, 2.45) is 0 Å². The molecule has 1 fully saturated rings. The summed E-state index contributed by atoms with van der Waals surface area (Å²) < 4.78 is 52.8. The first-order chi connectivity index (χ1) is 18.3. The number of pyridine rings is 1. The number of likely N-dealkylation sites (tertiary alicyclic amines) is 1.